The predicted molar refractivity (Wildman–Crippen MR) is 67.6 cm³/mol. The number of nitrogens with zero attached hydrogens (tertiary/aromatic N) is 1. The number of rotatable bonds is 2. The highest BCUT2D eigenvalue weighted by Gasteiger charge is 2.21. The second kappa shape index (κ2) is 5.13. The van der Waals surface area contributed by atoms with Crippen LogP contribution in [0.4, 0.5) is 15.8 Å². The van der Waals surface area contributed by atoms with Gasteiger partial charge in [0.2, 0.25) is 5.91 Å². The van der Waals surface area contributed by atoms with Crippen molar-refractivity contribution in [3.8, 4) is 0 Å². The zero-order valence-corrected chi connectivity index (χ0v) is 10.1. The molecule has 0 aromatic heterocycles. The molecule has 1 aromatic carbocycles. The van der Waals surface area contributed by atoms with Gasteiger partial charge in [-0.2, -0.15) is 0 Å². The van der Waals surface area contributed by atoms with Crippen molar-refractivity contribution in [3.05, 3.63) is 23.5 Å². The van der Waals surface area contributed by atoms with Crippen molar-refractivity contribution >= 4 is 23.3 Å². The molecule has 2 rings (SSSR count). The number of carbonyl (C=O) groups excluding carboxylic acids is 1. The maximum absolute atomic E-state index is 13.9. The molecule has 0 bridgehead atoms. The second-order valence-corrected chi connectivity index (χ2v) is 4.32. The molecule has 0 saturated carbocycles. The van der Waals surface area contributed by atoms with E-state index in [1.54, 1.807) is 0 Å². The Morgan fingerprint density at radius 1 is 1.47 bits per heavy atom. The minimum absolute atomic E-state index is 0.000102. The van der Waals surface area contributed by atoms with Gasteiger partial charge < -0.3 is 21.1 Å². The number of carboxylic acids is 1. The van der Waals surface area contributed by atoms with Crippen molar-refractivity contribution in [2.45, 2.75) is 6.42 Å². The molecule has 0 atom stereocenters. The standard InChI is InChI=1S/C12H14FN3O3/c13-8-5-9(14)7(12(18)19)4-10(8)16-3-1-2-15-11(17)6-16/h4-5H,1-3,6,14H2,(H,15,17)(H,18,19). The fraction of sp³-hybridized carbons (Fsp3) is 0.333. The molecule has 7 heteroatoms. The quantitative estimate of drug-likeness (QED) is 0.675. The molecule has 1 aromatic rings. The Morgan fingerprint density at radius 2 is 2.21 bits per heavy atom. The summed E-state index contributed by atoms with van der Waals surface area (Å²) in [6.07, 6.45) is 0.665. The Balaban J connectivity index is 2.40. The molecule has 102 valence electrons. The highest BCUT2D eigenvalue weighted by atomic mass is 19.1. The molecule has 19 heavy (non-hydrogen) atoms. The summed E-state index contributed by atoms with van der Waals surface area (Å²) in [5, 5.41) is 11.7. The molecule has 6 nitrogen and oxygen atoms in total. The Labute approximate surface area is 109 Å². The lowest BCUT2D eigenvalue weighted by Crippen LogP contribution is -2.33. The smallest absolute Gasteiger partial charge is 0.337 e. The van der Waals surface area contributed by atoms with Crippen LogP contribution in [0.15, 0.2) is 12.1 Å². The van der Waals surface area contributed by atoms with E-state index in [0.717, 1.165) is 6.07 Å². The number of nitrogens with two attached hydrogens (primary N) is 1. The third-order valence-electron chi connectivity index (χ3n) is 2.95. The lowest BCUT2D eigenvalue weighted by atomic mass is 10.1. The van der Waals surface area contributed by atoms with E-state index in [1.165, 1.54) is 11.0 Å². The lowest BCUT2D eigenvalue weighted by Gasteiger charge is -2.22. The summed E-state index contributed by atoms with van der Waals surface area (Å²) >= 11 is 0. The number of nitrogens with one attached hydrogen (secondary N) is 1. The SMILES string of the molecule is Nc1cc(F)c(N2CCCNC(=O)C2)cc1C(=O)O. The summed E-state index contributed by atoms with van der Waals surface area (Å²) in [4.78, 5) is 24.0. The summed E-state index contributed by atoms with van der Waals surface area (Å²) < 4.78 is 13.9. The third-order valence-corrected chi connectivity index (χ3v) is 2.95. The van der Waals surface area contributed by atoms with E-state index in [9.17, 15) is 14.0 Å². The van der Waals surface area contributed by atoms with E-state index in [2.05, 4.69) is 5.32 Å². The summed E-state index contributed by atoms with van der Waals surface area (Å²) in [5.74, 6) is -2.07. The van der Waals surface area contributed by atoms with Gasteiger partial charge in [0.1, 0.15) is 5.82 Å². The normalized spacial score (nSPS) is 15.8. The lowest BCUT2D eigenvalue weighted by molar-refractivity contribution is -0.119. The van der Waals surface area contributed by atoms with Gasteiger partial charge in [0, 0.05) is 18.8 Å². The van der Waals surface area contributed by atoms with E-state index in [4.69, 9.17) is 10.8 Å². The summed E-state index contributed by atoms with van der Waals surface area (Å²) in [7, 11) is 0. The summed E-state index contributed by atoms with van der Waals surface area (Å²) in [5.41, 5.74) is 5.25. The number of halogens is 1. The molecule has 0 aliphatic carbocycles. The zero-order valence-electron chi connectivity index (χ0n) is 10.1. The van der Waals surface area contributed by atoms with Gasteiger partial charge in [-0.3, -0.25) is 4.79 Å². The fourth-order valence-corrected chi connectivity index (χ4v) is 2.02. The van der Waals surface area contributed by atoms with Crippen LogP contribution in [0.2, 0.25) is 0 Å². The van der Waals surface area contributed by atoms with Gasteiger partial charge in [0.25, 0.3) is 0 Å². The van der Waals surface area contributed by atoms with E-state index in [-0.39, 0.29) is 29.4 Å². The minimum Gasteiger partial charge on any atom is -0.478 e. The predicted octanol–water partition coefficient (Wildman–Crippen LogP) is 0.432. The van der Waals surface area contributed by atoms with Gasteiger partial charge in [0.05, 0.1) is 17.8 Å². The first kappa shape index (κ1) is 13.1. The number of benzene rings is 1. The van der Waals surface area contributed by atoms with Crippen LogP contribution in [0.5, 0.6) is 0 Å². The number of hydrogen-bond acceptors (Lipinski definition) is 4. The van der Waals surface area contributed by atoms with Crippen LogP contribution in [0.25, 0.3) is 0 Å². The molecule has 1 aliphatic heterocycles. The first-order valence-electron chi connectivity index (χ1n) is 5.83. The Kier molecular flexibility index (Phi) is 3.55. The highest BCUT2D eigenvalue weighted by Crippen LogP contribution is 2.26. The van der Waals surface area contributed by atoms with Crippen molar-refractivity contribution in [3.63, 3.8) is 0 Å². The topological polar surface area (TPSA) is 95.7 Å². The van der Waals surface area contributed by atoms with E-state index < -0.39 is 11.8 Å². The average molecular weight is 267 g/mol. The third kappa shape index (κ3) is 2.75. The molecule has 1 saturated heterocycles. The second-order valence-electron chi connectivity index (χ2n) is 4.32. The molecule has 1 heterocycles. The molecule has 0 spiro atoms. The Morgan fingerprint density at radius 3 is 2.89 bits per heavy atom. The van der Waals surface area contributed by atoms with Crippen LogP contribution >= 0.6 is 0 Å². The molecule has 1 amide bonds. The van der Waals surface area contributed by atoms with Crippen LogP contribution in [0.3, 0.4) is 0 Å². The first-order valence-corrected chi connectivity index (χ1v) is 5.83. The maximum Gasteiger partial charge on any atom is 0.337 e. The highest BCUT2D eigenvalue weighted by molar-refractivity contribution is 5.95. The molecular weight excluding hydrogens is 253 g/mol. The van der Waals surface area contributed by atoms with Gasteiger partial charge in [0.15, 0.2) is 0 Å². The Bertz CT molecular complexity index is 533. The molecule has 1 aliphatic rings. The van der Waals surface area contributed by atoms with Crippen molar-refractivity contribution < 1.29 is 19.1 Å². The van der Waals surface area contributed by atoms with Crippen molar-refractivity contribution in [1.82, 2.24) is 5.32 Å². The van der Waals surface area contributed by atoms with Crippen LogP contribution in [-0.4, -0.2) is 36.6 Å². The van der Waals surface area contributed by atoms with Crippen LogP contribution in [0.1, 0.15) is 16.8 Å². The van der Waals surface area contributed by atoms with E-state index in [0.29, 0.717) is 19.5 Å². The summed E-state index contributed by atoms with van der Waals surface area (Å²) in [6.45, 7) is 0.996. The number of hydrogen-bond donors (Lipinski definition) is 3. The van der Waals surface area contributed by atoms with Crippen LogP contribution < -0.4 is 16.0 Å². The molecule has 1 fully saturated rings. The fourth-order valence-electron chi connectivity index (χ4n) is 2.02. The largest absolute Gasteiger partial charge is 0.478 e. The van der Waals surface area contributed by atoms with E-state index >= 15 is 0 Å². The molecule has 0 radical (unpaired) electrons. The van der Waals surface area contributed by atoms with Crippen LogP contribution in [-0.2, 0) is 4.79 Å². The summed E-state index contributed by atoms with van der Waals surface area (Å²) in [6, 6.07) is 2.15. The maximum atomic E-state index is 13.9. The minimum atomic E-state index is -1.22. The Hall–Kier alpha value is -2.31. The van der Waals surface area contributed by atoms with Gasteiger partial charge in [-0.05, 0) is 18.6 Å². The van der Waals surface area contributed by atoms with Gasteiger partial charge in [-0.25, -0.2) is 9.18 Å². The molecular formula is C12H14FN3O3. The number of carboxylic acid groups (broad SMARTS) is 1. The van der Waals surface area contributed by atoms with Crippen LogP contribution in [0, 0.1) is 5.82 Å². The number of amides is 1. The van der Waals surface area contributed by atoms with E-state index in [1.807, 2.05) is 0 Å². The average Bonchev–Trinajstić information content (AvgIpc) is 2.53. The molecule has 4 N–H and O–H groups in total. The number of carbonyl (C=O) groups is 2. The van der Waals surface area contributed by atoms with Gasteiger partial charge >= 0.3 is 5.97 Å². The van der Waals surface area contributed by atoms with Gasteiger partial charge in [-0.15, -0.1) is 0 Å². The van der Waals surface area contributed by atoms with Crippen molar-refractivity contribution in [1.29, 1.82) is 0 Å². The van der Waals surface area contributed by atoms with Crippen molar-refractivity contribution in [2.24, 2.45) is 0 Å². The zero-order chi connectivity index (χ0) is 14.0. The number of nitrogen functional groups attached to an aromatic ring is 1. The molecule has 0 unspecified atom stereocenters. The van der Waals surface area contributed by atoms with Gasteiger partial charge in [-0.1, -0.05) is 0 Å². The monoisotopic (exact) mass is 267 g/mol. The first-order chi connectivity index (χ1) is 8.99. The number of aromatic carboxylic acids is 1. The number of anilines is 2. The van der Waals surface area contributed by atoms with Crippen molar-refractivity contribution in [2.75, 3.05) is 30.3 Å².